The van der Waals surface area contributed by atoms with Crippen molar-refractivity contribution < 1.29 is 0 Å². The van der Waals surface area contributed by atoms with Crippen molar-refractivity contribution in [3.63, 3.8) is 0 Å². The third-order valence-electron chi connectivity index (χ3n) is 4.22. The molecule has 19 heavy (non-hydrogen) atoms. The number of hydrogen-bond donors (Lipinski definition) is 2. The highest BCUT2D eigenvalue weighted by atomic mass is 79.9. The number of rotatable bonds is 3. The first-order chi connectivity index (χ1) is 8.94. The first kappa shape index (κ1) is 14.8. The first-order valence-corrected chi connectivity index (χ1v) is 7.69. The van der Waals surface area contributed by atoms with Gasteiger partial charge in [-0.05, 0) is 57.5 Å². The van der Waals surface area contributed by atoms with E-state index < -0.39 is 0 Å². The molecule has 1 fully saturated rings. The molecule has 0 saturated carbocycles. The second-order valence-corrected chi connectivity index (χ2v) is 6.83. The van der Waals surface area contributed by atoms with Crippen LogP contribution in [0.25, 0.3) is 0 Å². The van der Waals surface area contributed by atoms with E-state index in [0.29, 0.717) is 12.6 Å². The molecule has 1 saturated heterocycles. The van der Waals surface area contributed by atoms with Crippen LogP contribution in [0.1, 0.15) is 25.3 Å². The number of nitrogens with one attached hydrogen (secondary N) is 1. The minimum atomic E-state index is 0.0269. The predicted molar refractivity (Wildman–Crippen MR) is 85.6 cm³/mol. The fourth-order valence-corrected chi connectivity index (χ4v) is 3.51. The Morgan fingerprint density at radius 3 is 2.79 bits per heavy atom. The van der Waals surface area contributed by atoms with Gasteiger partial charge in [0.15, 0.2) is 0 Å². The number of anilines is 1. The minimum Gasteiger partial charge on any atom is -0.378 e. The number of piperidine rings is 1. The summed E-state index contributed by atoms with van der Waals surface area (Å²) in [5, 5.41) is 3.70. The lowest BCUT2D eigenvalue weighted by Gasteiger charge is -2.45. The number of likely N-dealkylation sites (tertiary alicyclic amines) is 1. The summed E-state index contributed by atoms with van der Waals surface area (Å²) in [6, 6.07) is 7.01. The van der Waals surface area contributed by atoms with Crippen LogP contribution < -0.4 is 11.1 Å². The molecule has 1 aliphatic heterocycles. The average Bonchev–Trinajstić information content (AvgIpc) is 2.33. The van der Waals surface area contributed by atoms with Gasteiger partial charge in [-0.3, -0.25) is 0 Å². The highest BCUT2D eigenvalue weighted by molar-refractivity contribution is 9.10. The molecule has 0 amide bonds. The highest BCUT2D eigenvalue weighted by Gasteiger charge is 2.35. The van der Waals surface area contributed by atoms with Gasteiger partial charge < -0.3 is 16.0 Å². The zero-order chi connectivity index (χ0) is 14.0. The molecule has 0 bridgehead atoms. The van der Waals surface area contributed by atoms with E-state index >= 15 is 0 Å². The Kier molecular flexibility index (Phi) is 4.54. The molecular formula is C15H24BrN3. The molecule has 0 spiro atoms. The van der Waals surface area contributed by atoms with Gasteiger partial charge >= 0.3 is 0 Å². The van der Waals surface area contributed by atoms with E-state index in [0.717, 1.165) is 29.5 Å². The Morgan fingerprint density at radius 2 is 2.21 bits per heavy atom. The number of hydrogen-bond acceptors (Lipinski definition) is 3. The lowest BCUT2D eigenvalue weighted by atomic mass is 9.83. The summed E-state index contributed by atoms with van der Waals surface area (Å²) in [6.45, 7) is 6.16. The molecule has 1 heterocycles. The smallest absolute Gasteiger partial charge is 0.0522 e. The highest BCUT2D eigenvalue weighted by Crippen LogP contribution is 2.30. The number of nitrogens with two attached hydrogens (primary N) is 1. The molecule has 2 unspecified atom stereocenters. The van der Waals surface area contributed by atoms with Gasteiger partial charge in [-0.15, -0.1) is 0 Å². The van der Waals surface area contributed by atoms with E-state index in [9.17, 15) is 0 Å². The molecule has 2 atom stereocenters. The lowest BCUT2D eigenvalue weighted by Crippen LogP contribution is -2.55. The number of benzene rings is 1. The SMILES string of the molecule is Cc1cc(Br)cc(NC2(CN)CCN(C)C(C)C2)c1. The molecule has 106 valence electrons. The summed E-state index contributed by atoms with van der Waals surface area (Å²) in [7, 11) is 2.19. The van der Waals surface area contributed by atoms with E-state index in [2.05, 4.69) is 65.2 Å². The molecular weight excluding hydrogens is 302 g/mol. The van der Waals surface area contributed by atoms with Crippen LogP contribution in [0.4, 0.5) is 5.69 Å². The molecule has 0 radical (unpaired) electrons. The maximum Gasteiger partial charge on any atom is 0.0522 e. The zero-order valence-corrected chi connectivity index (χ0v) is 13.6. The van der Waals surface area contributed by atoms with Crippen molar-refractivity contribution >= 4 is 21.6 Å². The molecule has 0 aliphatic carbocycles. The summed E-state index contributed by atoms with van der Waals surface area (Å²) >= 11 is 3.56. The van der Waals surface area contributed by atoms with Crippen LogP contribution in [0, 0.1) is 6.92 Å². The van der Waals surface area contributed by atoms with Gasteiger partial charge in [0.2, 0.25) is 0 Å². The van der Waals surface area contributed by atoms with Gasteiger partial charge in [0.1, 0.15) is 0 Å². The quantitative estimate of drug-likeness (QED) is 0.897. The fraction of sp³-hybridized carbons (Fsp3) is 0.600. The maximum atomic E-state index is 6.08. The molecule has 1 aliphatic rings. The average molecular weight is 326 g/mol. The van der Waals surface area contributed by atoms with Crippen LogP contribution in [0.2, 0.25) is 0 Å². The predicted octanol–water partition coefficient (Wildman–Crippen LogP) is 2.98. The van der Waals surface area contributed by atoms with Gasteiger partial charge in [-0.2, -0.15) is 0 Å². The van der Waals surface area contributed by atoms with E-state index in [1.807, 2.05) is 0 Å². The lowest BCUT2D eigenvalue weighted by molar-refractivity contribution is 0.147. The normalized spacial score (nSPS) is 28.4. The molecule has 2 rings (SSSR count). The summed E-state index contributed by atoms with van der Waals surface area (Å²) in [6.07, 6.45) is 2.18. The summed E-state index contributed by atoms with van der Waals surface area (Å²) in [4.78, 5) is 2.40. The zero-order valence-electron chi connectivity index (χ0n) is 12.0. The summed E-state index contributed by atoms with van der Waals surface area (Å²) in [5.74, 6) is 0. The molecule has 1 aromatic carbocycles. The second-order valence-electron chi connectivity index (χ2n) is 5.91. The maximum absolute atomic E-state index is 6.08. The van der Waals surface area contributed by atoms with Gasteiger partial charge in [-0.25, -0.2) is 0 Å². The summed E-state index contributed by atoms with van der Waals surface area (Å²) in [5.41, 5.74) is 8.52. The standard InChI is InChI=1S/C15H24BrN3/c1-11-6-13(16)8-14(7-11)18-15(10-17)4-5-19(3)12(2)9-15/h6-8,12,18H,4-5,9-10,17H2,1-3H3. The van der Waals surface area contributed by atoms with Crippen molar-refractivity contribution in [2.45, 2.75) is 38.3 Å². The largest absolute Gasteiger partial charge is 0.378 e. The third kappa shape index (κ3) is 3.50. The van der Waals surface area contributed by atoms with E-state index in [1.54, 1.807) is 0 Å². The van der Waals surface area contributed by atoms with E-state index in [-0.39, 0.29) is 5.54 Å². The monoisotopic (exact) mass is 325 g/mol. The van der Waals surface area contributed by atoms with Crippen LogP contribution in [0.3, 0.4) is 0 Å². The van der Waals surface area contributed by atoms with Gasteiger partial charge in [0, 0.05) is 29.3 Å². The van der Waals surface area contributed by atoms with Crippen molar-refractivity contribution in [2.24, 2.45) is 5.73 Å². The van der Waals surface area contributed by atoms with Gasteiger partial charge in [0.25, 0.3) is 0 Å². The number of halogens is 1. The molecule has 4 heteroatoms. The first-order valence-electron chi connectivity index (χ1n) is 6.90. The molecule has 1 aromatic rings. The van der Waals surface area contributed by atoms with Gasteiger partial charge in [-0.1, -0.05) is 15.9 Å². The van der Waals surface area contributed by atoms with Crippen molar-refractivity contribution in [1.29, 1.82) is 0 Å². The topological polar surface area (TPSA) is 41.3 Å². The molecule has 0 aromatic heterocycles. The number of nitrogens with zero attached hydrogens (tertiary/aromatic N) is 1. The van der Waals surface area contributed by atoms with Crippen LogP contribution in [0.5, 0.6) is 0 Å². The second kappa shape index (κ2) is 5.81. The Labute approximate surface area is 124 Å². The number of aryl methyl sites for hydroxylation is 1. The van der Waals surface area contributed by atoms with Crippen molar-refractivity contribution in [1.82, 2.24) is 4.90 Å². The van der Waals surface area contributed by atoms with Crippen LogP contribution in [0.15, 0.2) is 22.7 Å². The molecule has 3 nitrogen and oxygen atoms in total. The Morgan fingerprint density at radius 1 is 1.47 bits per heavy atom. The van der Waals surface area contributed by atoms with Crippen LogP contribution in [-0.2, 0) is 0 Å². The Balaban J connectivity index is 2.18. The minimum absolute atomic E-state index is 0.0269. The van der Waals surface area contributed by atoms with Crippen molar-refractivity contribution in [3.05, 3.63) is 28.2 Å². The van der Waals surface area contributed by atoms with Crippen LogP contribution in [-0.4, -0.2) is 36.6 Å². The Hall–Kier alpha value is -0.580. The third-order valence-corrected chi connectivity index (χ3v) is 4.68. The van der Waals surface area contributed by atoms with E-state index in [4.69, 9.17) is 5.73 Å². The molecule has 3 N–H and O–H groups in total. The van der Waals surface area contributed by atoms with Crippen molar-refractivity contribution in [2.75, 3.05) is 25.5 Å². The fourth-order valence-electron chi connectivity index (χ4n) is 2.90. The van der Waals surface area contributed by atoms with Crippen LogP contribution >= 0.6 is 15.9 Å². The van der Waals surface area contributed by atoms with Crippen molar-refractivity contribution in [3.8, 4) is 0 Å². The van der Waals surface area contributed by atoms with Gasteiger partial charge in [0.05, 0.1) is 5.54 Å². The summed E-state index contributed by atoms with van der Waals surface area (Å²) < 4.78 is 1.11. The Bertz CT molecular complexity index is 429. The van der Waals surface area contributed by atoms with E-state index in [1.165, 1.54) is 5.56 Å².